The van der Waals surface area contributed by atoms with Crippen molar-refractivity contribution in [2.45, 2.75) is 25.7 Å². The Morgan fingerprint density at radius 2 is 2.40 bits per heavy atom. The number of hydrogen-bond donors (Lipinski definition) is 0. The van der Waals surface area contributed by atoms with Crippen molar-refractivity contribution in [1.82, 2.24) is 0 Å². The molecular formula is C8H10BrN. The first-order valence-corrected chi connectivity index (χ1v) is 4.49. The monoisotopic (exact) mass is 199 g/mol. The smallest absolute Gasteiger partial charge is 0.0700 e. The van der Waals surface area contributed by atoms with Gasteiger partial charge in [0, 0.05) is 0 Å². The van der Waals surface area contributed by atoms with E-state index in [4.69, 9.17) is 5.26 Å². The minimum atomic E-state index is 0.188. The Morgan fingerprint density at radius 3 is 2.90 bits per heavy atom. The molecule has 0 saturated heterocycles. The summed E-state index contributed by atoms with van der Waals surface area (Å²) in [7, 11) is 0. The van der Waals surface area contributed by atoms with Gasteiger partial charge in [-0.2, -0.15) is 5.26 Å². The standard InChI is InChI=1S/C8H10BrN/c9-5-7-3-1-2-4-8(7)6-10/h5,8H,1-4H2/b7-5-. The summed E-state index contributed by atoms with van der Waals surface area (Å²) < 4.78 is 0. The average Bonchev–Trinajstić information content (AvgIpc) is 2.04. The Hall–Kier alpha value is -0.290. The van der Waals surface area contributed by atoms with Crippen molar-refractivity contribution >= 4 is 15.9 Å². The molecule has 1 unspecified atom stereocenters. The highest BCUT2D eigenvalue weighted by molar-refractivity contribution is 9.11. The number of nitriles is 1. The van der Waals surface area contributed by atoms with Crippen LogP contribution >= 0.6 is 15.9 Å². The Morgan fingerprint density at radius 1 is 1.60 bits per heavy atom. The van der Waals surface area contributed by atoms with E-state index in [9.17, 15) is 0 Å². The van der Waals surface area contributed by atoms with Crippen molar-refractivity contribution in [3.8, 4) is 6.07 Å². The first kappa shape index (κ1) is 7.81. The molecule has 0 aromatic heterocycles. The highest BCUT2D eigenvalue weighted by Crippen LogP contribution is 2.29. The molecule has 54 valence electrons. The van der Waals surface area contributed by atoms with Crippen molar-refractivity contribution in [2.75, 3.05) is 0 Å². The molecule has 2 heteroatoms. The minimum absolute atomic E-state index is 0.188. The molecule has 0 aliphatic heterocycles. The fourth-order valence-corrected chi connectivity index (χ4v) is 1.86. The van der Waals surface area contributed by atoms with E-state index < -0.39 is 0 Å². The van der Waals surface area contributed by atoms with Crippen LogP contribution in [0.5, 0.6) is 0 Å². The molecule has 1 saturated carbocycles. The van der Waals surface area contributed by atoms with E-state index in [0.29, 0.717) is 0 Å². The van der Waals surface area contributed by atoms with Crippen LogP contribution in [0.4, 0.5) is 0 Å². The topological polar surface area (TPSA) is 23.8 Å². The van der Waals surface area contributed by atoms with Crippen molar-refractivity contribution in [3.63, 3.8) is 0 Å². The van der Waals surface area contributed by atoms with Crippen LogP contribution in [0, 0.1) is 17.2 Å². The molecule has 1 aliphatic rings. The van der Waals surface area contributed by atoms with Crippen LogP contribution < -0.4 is 0 Å². The van der Waals surface area contributed by atoms with Gasteiger partial charge in [0.05, 0.1) is 12.0 Å². The quantitative estimate of drug-likeness (QED) is 0.589. The molecule has 0 N–H and O–H groups in total. The number of halogens is 1. The maximum Gasteiger partial charge on any atom is 0.0700 e. The molecule has 0 amide bonds. The molecule has 0 aromatic rings. The summed E-state index contributed by atoms with van der Waals surface area (Å²) >= 11 is 3.28. The Labute approximate surface area is 69.9 Å². The van der Waals surface area contributed by atoms with Gasteiger partial charge in [-0.3, -0.25) is 0 Å². The highest BCUT2D eigenvalue weighted by Gasteiger charge is 2.16. The number of hydrogen-bond acceptors (Lipinski definition) is 1. The lowest BCUT2D eigenvalue weighted by Crippen LogP contribution is -2.06. The summed E-state index contributed by atoms with van der Waals surface area (Å²) in [6, 6.07) is 2.31. The first-order valence-electron chi connectivity index (χ1n) is 3.57. The third-order valence-electron chi connectivity index (χ3n) is 1.95. The van der Waals surface area contributed by atoms with Crippen LogP contribution in [-0.4, -0.2) is 0 Å². The summed E-state index contributed by atoms with van der Waals surface area (Å²) in [5, 5.41) is 8.68. The van der Waals surface area contributed by atoms with Gasteiger partial charge in [-0.25, -0.2) is 0 Å². The number of nitrogens with zero attached hydrogens (tertiary/aromatic N) is 1. The van der Waals surface area contributed by atoms with Gasteiger partial charge in [-0.1, -0.05) is 22.4 Å². The van der Waals surface area contributed by atoms with Crippen LogP contribution in [0.1, 0.15) is 25.7 Å². The third-order valence-corrected chi connectivity index (χ3v) is 2.54. The Kier molecular flexibility index (Phi) is 2.95. The molecule has 1 fully saturated rings. The predicted octanol–water partition coefficient (Wildman–Crippen LogP) is 2.98. The average molecular weight is 200 g/mol. The second kappa shape index (κ2) is 3.78. The van der Waals surface area contributed by atoms with Crippen molar-refractivity contribution < 1.29 is 0 Å². The number of rotatable bonds is 0. The lowest BCUT2D eigenvalue weighted by Gasteiger charge is -2.17. The molecule has 1 nitrogen and oxygen atoms in total. The molecule has 1 rings (SSSR count). The zero-order valence-electron chi connectivity index (χ0n) is 5.81. The molecule has 1 atom stereocenters. The van der Waals surface area contributed by atoms with Gasteiger partial charge in [0.2, 0.25) is 0 Å². The first-order chi connectivity index (χ1) is 4.88. The van der Waals surface area contributed by atoms with E-state index in [0.717, 1.165) is 12.8 Å². The zero-order chi connectivity index (χ0) is 7.40. The second-order valence-electron chi connectivity index (χ2n) is 2.61. The molecular weight excluding hydrogens is 190 g/mol. The Balaban J connectivity index is 2.62. The number of allylic oxidation sites excluding steroid dienone is 1. The van der Waals surface area contributed by atoms with Gasteiger partial charge < -0.3 is 0 Å². The van der Waals surface area contributed by atoms with Gasteiger partial charge in [0.25, 0.3) is 0 Å². The lowest BCUT2D eigenvalue weighted by atomic mass is 9.86. The van der Waals surface area contributed by atoms with Gasteiger partial charge in [0.1, 0.15) is 0 Å². The van der Waals surface area contributed by atoms with Crippen LogP contribution in [0.25, 0.3) is 0 Å². The van der Waals surface area contributed by atoms with Gasteiger partial charge in [-0.05, 0) is 29.8 Å². The second-order valence-corrected chi connectivity index (χ2v) is 3.07. The van der Waals surface area contributed by atoms with E-state index in [2.05, 4.69) is 22.0 Å². The van der Waals surface area contributed by atoms with Crippen molar-refractivity contribution in [2.24, 2.45) is 5.92 Å². The van der Waals surface area contributed by atoms with E-state index in [1.807, 2.05) is 4.99 Å². The molecule has 10 heavy (non-hydrogen) atoms. The fourth-order valence-electron chi connectivity index (χ4n) is 1.32. The lowest BCUT2D eigenvalue weighted by molar-refractivity contribution is 0.528. The van der Waals surface area contributed by atoms with E-state index >= 15 is 0 Å². The summed E-state index contributed by atoms with van der Waals surface area (Å²) in [6.07, 6.45) is 4.61. The van der Waals surface area contributed by atoms with E-state index in [1.165, 1.54) is 18.4 Å². The molecule has 1 aliphatic carbocycles. The van der Waals surface area contributed by atoms with Crippen LogP contribution in [0.3, 0.4) is 0 Å². The predicted molar refractivity (Wildman–Crippen MR) is 44.6 cm³/mol. The van der Waals surface area contributed by atoms with E-state index in [-0.39, 0.29) is 5.92 Å². The van der Waals surface area contributed by atoms with Crippen molar-refractivity contribution in [3.05, 3.63) is 10.6 Å². The van der Waals surface area contributed by atoms with Gasteiger partial charge in [-0.15, -0.1) is 0 Å². The molecule has 0 radical (unpaired) electrons. The van der Waals surface area contributed by atoms with Crippen LogP contribution in [0.15, 0.2) is 10.6 Å². The molecule has 0 spiro atoms. The molecule has 0 bridgehead atoms. The largest absolute Gasteiger partial charge is 0.198 e. The minimum Gasteiger partial charge on any atom is -0.198 e. The SMILES string of the molecule is N#CC1CCCC/C1=C/Br. The van der Waals surface area contributed by atoms with E-state index in [1.54, 1.807) is 0 Å². The molecule has 0 aromatic carbocycles. The Bertz CT molecular complexity index is 178. The highest BCUT2D eigenvalue weighted by atomic mass is 79.9. The summed E-state index contributed by atoms with van der Waals surface area (Å²) in [6.45, 7) is 0. The van der Waals surface area contributed by atoms with Gasteiger partial charge in [0.15, 0.2) is 0 Å². The summed E-state index contributed by atoms with van der Waals surface area (Å²) in [5.74, 6) is 0.188. The normalized spacial score (nSPS) is 30.0. The fraction of sp³-hybridized carbons (Fsp3) is 0.625. The van der Waals surface area contributed by atoms with Gasteiger partial charge >= 0.3 is 0 Å². The summed E-state index contributed by atoms with van der Waals surface area (Å²) in [4.78, 5) is 1.92. The van der Waals surface area contributed by atoms with Crippen LogP contribution in [0.2, 0.25) is 0 Å². The zero-order valence-corrected chi connectivity index (χ0v) is 7.39. The maximum absolute atomic E-state index is 8.68. The maximum atomic E-state index is 8.68. The van der Waals surface area contributed by atoms with Crippen LogP contribution in [-0.2, 0) is 0 Å². The third kappa shape index (κ3) is 1.60. The molecule has 0 heterocycles. The van der Waals surface area contributed by atoms with Crippen molar-refractivity contribution in [1.29, 1.82) is 5.26 Å². The summed E-state index contributed by atoms with van der Waals surface area (Å²) in [5.41, 5.74) is 1.27.